The molecule has 0 radical (unpaired) electrons. The number of halogens is 4. The Balaban J connectivity index is 2.33. The number of carbonyl (C=O) groups excluding carboxylic acids is 1. The summed E-state index contributed by atoms with van der Waals surface area (Å²) in [6, 6.07) is 5.76. The molecule has 1 amide bonds. The highest BCUT2D eigenvalue weighted by Crippen LogP contribution is 2.30. The minimum atomic E-state index is -4.66. The maximum Gasteiger partial charge on any atom is 0.433 e. The lowest BCUT2D eigenvalue weighted by molar-refractivity contribution is -0.141. The molecule has 1 heterocycles. The predicted molar refractivity (Wildman–Crippen MR) is 95.4 cm³/mol. The fraction of sp³-hybridized carbons (Fsp3) is 0.421. The molecule has 9 heteroatoms. The topological polar surface area (TPSA) is 55.3 Å². The molecule has 1 unspecified atom stereocenters. The second-order valence-electron chi connectivity index (χ2n) is 6.76. The zero-order valence-electron chi connectivity index (χ0n) is 15.9. The van der Waals surface area contributed by atoms with Crippen molar-refractivity contribution in [3.8, 4) is 5.88 Å². The second kappa shape index (κ2) is 8.12. The number of amides is 1. The lowest BCUT2D eigenvalue weighted by Crippen LogP contribution is -2.52. The van der Waals surface area contributed by atoms with Crippen molar-refractivity contribution in [2.45, 2.75) is 51.9 Å². The van der Waals surface area contributed by atoms with Crippen molar-refractivity contribution in [3.05, 3.63) is 48.2 Å². The average molecular weight is 399 g/mol. The van der Waals surface area contributed by atoms with Crippen LogP contribution in [-0.2, 0) is 11.0 Å². The summed E-state index contributed by atoms with van der Waals surface area (Å²) < 4.78 is 57.3. The molecule has 0 aliphatic heterocycles. The van der Waals surface area contributed by atoms with Gasteiger partial charge in [0.1, 0.15) is 12.1 Å². The van der Waals surface area contributed by atoms with Gasteiger partial charge in [0.2, 0.25) is 5.88 Å². The van der Waals surface area contributed by atoms with Crippen LogP contribution in [0, 0.1) is 5.82 Å². The zero-order chi connectivity index (χ0) is 21.1. The maximum atomic E-state index is 13.3. The van der Waals surface area contributed by atoms with Crippen LogP contribution in [0.2, 0.25) is 0 Å². The molecular formula is C19H21F4N3O2. The Bertz CT molecular complexity index is 823. The van der Waals surface area contributed by atoms with Crippen molar-refractivity contribution in [1.82, 2.24) is 9.97 Å². The van der Waals surface area contributed by atoms with Gasteiger partial charge in [0.05, 0.1) is 0 Å². The molecule has 2 aromatic rings. The number of ether oxygens (including phenoxy) is 1. The Morgan fingerprint density at radius 2 is 1.79 bits per heavy atom. The van der Waals surface area contributed by atoms with Crippen molar-refractivity contribution in [3.63, 3.8) is 0 Å². The Morgan fingerprint density at radius 3 is 2.32 bits per heavy atom. The molecule has 0 bridgehead atoms. The van der Waals surface area contributed by atoms with Crippen LogP contribution < -0.4 is 9.64 Å². The number of aromatic nitrogens is 2. The molecule has 0 saturated heterocycles. The summed E-state index contributed by atoms with van der Waals surface area (Å²) in [5.41, 5.74) is -2.25. The molecule has 0 spiro atoms. The van der Waals surface area contributed by atoms with Crippen LogP contribution in [-0.4, -0.2) is 27.5 Å². The molecule has 1 aromatic heterocycles. The van der Waals surface area contributed by atoms with E-state index in [0.29, 0.717) is 18.2 Å². The SMILES string of the molecule is CCC(C)N(C(=O)C(C)(C)Oc1cc(C(F)(F)F)ncn1)c1ccc(F)cc1. The van der Waals surface area contributed by atoms with E-state index in [1.54, 1.807) is 0 Å². The van der Waals surface area contributed by atoms with E-state index in [-0.39, 0.29) is 11.9 Å². The standard InChI is InChI=1S/C19H21F4N3O2/c1-5-12(2)26(14-8-6-13(20)7-9-14)17(27)18(3,4)28-16-10-15(19(21,22)23)24-11-25-16/h6-12H,5H2,1-4H3. The van der Waals surface area contributed by atoms with E-state index in [9.17, 15) is 22.4 Å². The molecule has 1 aromatic carbocycles. The molecule has 5 nitrogen and oxygen atoms in total. The van der Waals surface area contributed by atoms with Crippen molar-refractivity contribution < 1.29 is 27.1 Å². The molecular weight excluding hydrogens is 378 g/mol. The Hall–Kier alpha value is -2.71. The summed E-state index contributed by atoms with van der Waals surface area (Å²) in [5.74, 6) is -1.32. The van der Waals surface area contributed by atoms with E-state index in [1.807, 2.05) is 13.8 Å². The van der Waals surface area contributed by atoms with Crippen molar-refractivity contribution in [2.24, 2.45) is 0 Å². The molecule has 1 atom stereocenters. The number of anilines is 1. The van der Waals surface area contributed by atoms with Crippen LogP contribution in [0.15, 0.2) is 36.7 Å². The van der Waals surface area contributed by atoms with E-state index in [1.165, 1.54) is 43.0 Å². The van der Waals surface area contributed by atoms with Gasteiger partial charge in [-0.05, 0) is 51.5 Å². The number of hydrogen-bond donors (Lipinski definition) is 0. The van der Waals surface area contributed by atoms with E-state index >= 15 is 0 Å². The quantitative estimate of drug-likeness (QED) is 0.665. The largest absolute Gasteiger partial charge is 0.461 e. The van der Waals surface area contributed by atoms with Gasteiger partial charge in [-0.3, -0.25) is 4.79 Å². The van der Waals surface area contributed by atoms with Gasteiger partial charge in [-0.2, -0.15) is 13.2 Å². The second-order valence-corrected chi connectivity index (χ2v) is 6.76. The first kappa shape index (κ1) is 21.6. The smallest absolute Gasteiger partial charge is 0.433 e. The van der Waals surface area contributed by atoms with Crippen molar-refractivity contribution in [1.29, 1.82) is 0 Å². The molecule has 152 valence electrons. The number of hydrogen-bond acceptors (Lipinski definition) is 4. The average Bonchev–Trinajstić information content (AvgIpc) is 2.62. The fourth-order valence-corrected chi connectivity index (χ4v) is 2.50. The first-order chi connectivity index (χ1) is 13.0. The molecule has 28 heavy (non-hydrogen) atoms. The first-order valence-electron chi connectivity index (χ1n) is 8.63. The Kier molecular flexibility index (Phi) is 6.26. The fourth-order valence-electron chi connectivity index (χ4n) is 2.50. The molecule has 2 rings (SSSR count). The molecule has 0 aliphatic carbocycles. The highest BCUT2D eigenvalue weighted by atomic mass is 19.4. The number of benzene rings is 1. The molecule has 0 fully saturated rings. The summed E-state index contributed by atoms with van der Waals surface area (Å²) in [6.45, 7) is 6.55. The van der Waals surface area contributed by atoms with Gasteiger partial charge in [0.15, 0.2) is 11.3 Å². The third-order valence-corrected chi connectivity index (χ3v) is 4.16. The van der Waals surface area contributed by atoms with Gasteiger partial charge in [0.25, 0.3) is 5.91 Å². The lowest BCUT2D eigenvalue weighted by Gasteiger charge is -2.35. The minimum absolute atomic E-state index is 0.253. The first-order valence-corrected chi connectivity index (χ1v) is 8.63. The van der Waals surface area contributed by atoms with Gasteiger partial charge in [-0.1, -0.05) is 6.92 Å². The highest BCUT2D eigenvalue weighted by molar-refractivity contribution is 5.99. The van der Waals surface area contributed by atoms with E-state index in [2.05, 4.69) is 9.97 Å². The Morgan fingerprint density at radius 1 is 1.18 bits per heavy atom. The van der Waals surface area contributed by atoms with Crippen molar-refractivity contribution >= 4 is 11.6 Å². The summed E-state index contributed by atoms with van der Waals surface area (Å²) in [6.07, 6.45) is -3.33. The van der Waals surface area contributed by atoms with Gasteiger partial charge in [-0.25, -0.2) is 14.4 Å². The number of alkyl halides is 3. The third-order valence-electron chi connectivity index (χ3n) is 4.16. The predicted octanol–water partition coefficient (Wildman–Crippen LogP) is 4.62. The van der Waals surface area contributed by atoms with Gasteiger partial charge >= 0.3 is 6.18 Å². The zero-order valence-corrected chi connectivity index (χ0v) is 15.9. The summed E-state index contributed by atoms with van der Waals surface area (Å²) in [4.78, 5) is 21.5. The number of carbonyl (C=O) groups is 1. The number of nitrogens with zero attached hydrogens (tertiary/aromatic N) is 3. The van der Waals surface area contributed by atoms with Crippen molar-refractivity contribution in [2.75, 3.05) is 4.90 Å². The van der Waals surface area contributed by atoms with Crippen LogP contribution in [0.1, 0.15) is 39.8 Å². The van der Waals surface area contributed by atoms with Gasteiger partial charge < -0.3 is 9.64 Å². The number of rotatable bonds is 6. The van der Waals surface area contributed by atoms with E-state index in [4.69, 9.17) is 4.74 Å². The van der Waals surface area contributed by atoms with E-state index in [0.717, 1.165) is 6.33 Å². The van der Waals surface area contributed by atoms with Crippen LogP contribution in [0.4, 0.5) is 23.2 Å². The minimum Gasteiger partial charge on any atom is -0.461 e. The lowest BCUT2D eigenvalue weighted by atomic mass is 10.0. The Labute approximate surface area is 160 Å². The molecule has 0 aliphatic rings. The van der Waals surface area contributed by atoms with Crippen LogP contribution in [0.5, 0.6) is 5.88 Å². The molecule has 0 saturated carbocycles. The van der Waals surface area contributed by atoms with Crippen LogP contribution in [0.25, 0.3) is 0 Å². The van der Waals surface area contributed by atoms with Gasteiger partial charge in [0, 0.05) is 17.8 Å². The summed E-state index contributed by atoms with van der Waals surface area (Å²) in [5, 5.41) is 0. The van der Waals surface area contributed by atoms with Crippen LogP contribution in [0.3, 0.4) is 0 Å². The van der Waals surface area contributed by atoms with Crippen LogP contribution >= 0.6 is 0 Å². The van der Waals surface area contributed by atoms with E-state index < -0.39 is 29.2 Å². The molecule has 0 N–H and O–H groups in total. The third kappa shape index (κ3) is 4.96. The monoisotopic (exact) mass is 399 g/mol. The highest BCUT2D eigenvalue weighted by Gasteiger charge is 2.38. The normalized spacial score (nSPS) is 13.1. The van der Waals surface area contributed by atoms with Gasteiger partial charge in [-0.15, -0.1) is 0 Å². The summed E-state index contributed by atoms with van der Waals surface area (Å²) in [7, 11) is 0. The summed E-state index contributed by atoms with van der Waals surface area (Å²) >= 11 is 0. The maximum absolute atomic E-state index is 13.3.